The molecule has 0 radical (unpaired) electrons. The molecule has 5 rings (SSSR count). The zero-order chi connectivity index (χ0) is 22.2. The van der Waals surface area contributed by atoms with Crippen LogP contribution < -0.4 is 10.5 Å². The minimum absolute atomic E-state index is 0.0669. The summed E-state index contributed by atoms with van der Waals surface area (Å²) >= 11 is 14.1. The second kappa shape index (κ2) is 8.85. The number of anilines is 1. The molecule has 1 aliphatic heterocycles. The number of thioether (sulfide) groups is 1. The predicted molar refractivity (Wildman–Crippen MR) is 136 cm³/mol. The van der Waals surface area contributed by atoms with Crippen molar-refractivity contribution in [2.75, 3.05) is 29.5 Å². The molecule has 0 unspecified atom stereocenters. The number of pyridine rings is 2. The summed E-state index contributed by atoms with van der Waals surface area (Å²) in [7, 11) is 1.99. The number of benzene rings is 1. The molecule has 0 bridgehead atoms. The van der Waals surface area contributed by atoms with E-state index in [0.29, 0.717) is 16.6 Å². The van der Waals surface area contributed by atoms with E-state index in [1.54, 1.807) is 22.8 Å². The summed E-state index contributed by atoms with van der Waals surface area (Å²) in [5, 5.41) is 2.05. The Hall–Kier alpha value is -2.41. The molecule has 0 amide bonds. The van der Waals surface area contributed by atoms with Crippen molar-refractivity contribution < 1.29 is 0 Å². The fraction of sp³-hybridized carbons (Fsp3) is 0.250. The number of halogens is 2. The molecule has 8 heteroatoms. The first-order valence-corrected chi connectivity index (χ1v) is 12.3. The highest BCUT2D eigenvalue weighted by atomic mass is 35.5. The van der Waals surface area contributed by atoms with Gasteiger partial charge in [-0.2, -0.15) is 11.8 Å². The van der Waals surface area contributed by atoms with E-state index in [1.165, 1.54) is 0 Å². The molecule has 0 aliphatic carbocycles. The van der Waals surface area contributed by atoms with Crippen molar-refractivity contribution in [3.05, 3.63) is 81.0 Å². The molecule has 1 saturated heterocycles. The van der Waals surface area contributed by atoms with Crippen molar-refractivity contribution in [2.24, 2.45) is 7.05 Å². The molecule has 0 N–H and O–H groups in total. The van der Waals surface area contributed by atoms with Crippen LogP contribution in [0, 0.1) is 0 Å². The van der Waals surface area contributed by atoms with Gasteiger partial charge in [-0.15, -0.1) is 0 Å². The van der Waals surface area contributed by atoms with Crippen LogP contribution in [0.4, 0.5) is 5.69 Å². The van der Waals surface area contributed by atoms with Crippen molar-refractivity contribution >= 4 is 51.7 Å². The van der Waals surface area contributed by atoms with Gasteiger partial charge in [0.15, 0.2) is 0 Å². The average Bonchev–Trinajstić information content (AvgIpc) is 3.14. The normalized spacial score (nSPS) is 14.3. The van der Waals surface area contributed by atoms with Crippen molar-refractivity contribution in [2.45, 2.75) is 6.54 Å². The quantitative estimate of drug-likeness (QED) is 0.393. The number of hydrogen-bond acceptors (Lipinski definition) is 4. The minimum atomic E-state index is -0.0669. The summed E-state index contributed by atoms with van der Waals surface area (Å²) in [5.41, 5.74) is 4.81. The second-order valence-electron chi connectivity index (χ2n) is 7.95. The zero-order valence-corrected chi connectivity index (χ0v) is 19.9. The van der Waals surface area contributed by atoms with E-state index < -0.39 is 0 Å². The van der Waals surface area contributed by atoms with Crippen LogP contribution >= 0.6 is 35.0 Å². The van der Waals surface area contributed by atoms with Crippen LogP contribution in [0.25, 0.3) is 22.2 Å². The van der Waals surface area contributed by atoms with Crippen LogP contribution in [0.1, 0.15) is 5.56 Å². The number of nitrogens with zero attached hydrogens (tertiary/aromatic N) is 4. The van der Waals surface area contributed by atoms with Gasteiger partial charge in [0.25, 0.3) is 5.56 Å². The summed E-state index contributed by atoms with van der Waals surface area (Å²) < 4.78 is 3.69. The minimum Gasteiger partial charge on any atom is -0.369 e. The third-order valence-electron chi connectivity index (χ3n) is 5.82. The first kappa shape index (κ1) is 21.4. The Morgan fingerprint density at radius 1 is 1.06 bits per heavy atom. The lowest BCUT2D eigenvalue weighted by Gasteiger charge is -2.28. The monoisotopic (exact) mass is 484 g/mol. The number of hydrogen-bond donors (Lipinski definition) is 0. The van der Waals surface area contributed by atoms with E-state index in [-0.39, 0.29) is 5.56 Å². The van der Waals surface area contributed by atoms with Gasteiger partial charge in [0.05, 0.1) is 28.5 Å². The van der Waals surface area contributed by atoms with Gasteiger partial charge in [0.1, 0.15) is 5.65 Å². The van der Waals surface area contributed by atoms with Crippen LogP contribution in [0.3, 0.4) is 0 Å². The smallest absolute Gasteiger partial charge is 0.251 e. The summed E-state index contributed by atoms with van der Waals surface area (Å²) in [6.45, 7) is 2.50. The number of fused-ring (bicyclic) bond motifs is 1. The van der Waals surface area contributed by atoms with Gasteiger partial charge in [-0.1, -0.05) is 29.3 Å². The molecule has 164 valence electrons. The second-order valence-corrected chi connectivity index (χ2v) is 9.99. The van der Waals surface area contributed by atoms with Gasteiger partial charge in [0, 0.05) is 61.1 Å². The summed E-state index contributed by atoms with van der Waals surface area (Å²) in [5.74, 6) is 2.27. The summed E-state index contributed by atoms with van der Waals surface area (Å²) in [6.07, 6.45) is 5.83. The van der Waals surface area contributed by atoms with Gasteiger partial charge < -0.3 is 14.0 Å². The Morgan fingerprint density at radius 2 is 1.88 bits per heavy atom. The van der Waals surface area contributed by atoms with Gasteiger partial charge in [-0.3, -0.25) is 4.79 Å². The largest absolute Gasteiger partial charge is 0.369 e. The Bertz CT molecular complexity index is 1360. The molecular weight excluding hydrogens is 463 g/mol. The van der Waals surface area contributed by atoms with Crippen molar-refractivity contribution in [1.29, 1.82) is 0 Å². The van der Waals surface area contributed by atoms with Crippen LogP contribution in [0.15, 0.2) is 59.8 Å². The first-order chi connectivity index (χ1) is 15.5. The summed E-state index contributed by atoms with van der Waals surface area (Å²) in [6, 6.07) is 11.3. The van der Waals surface area contributed by atoms with Gasteiger partial charge in [-0.25, -0.2) is 4.98 Å². The first-order valence-electron chi connectivity index (χ1n) is 10.4. The molecule has 0 atom stereocenters. The third-order valence-corrected chi connectivity index (χ3v) is 7.50. The lowest BCUT2D eigenvalue weighted by molar-refractivity contribution is 0.760. The lowest BCUT2D eigenvalue weighted by atomic mass is 10.1. The van der Waals surface area contributed by atoms with E-state index >= 15 is 0 Å². The Morgan fingerprint density at radius 3 is 2.62 bits per heavy atom. The van der Waals surface area contributed by atoms with Gasteiger partial charge >= 0.3 is 0 Å². The maximum absolute atomic E-state index is 12.9. The molecule has 32 heavy (non-hydrogen) atoms. The Balaban J connectivity index is 1.49. The predicted octanol–water partition coefficient (Wildman–Crippen LogP) is 5.31. The molecule has 1 fully saturated rings. The highest BCUT2D eigenvalue weighted by molar-refractivity contribution is 7.99. The van der Waals surface area contributed by atoms with Gasteiger partial charge in [0.2, 0.25) is 0 Å². The molecule has 1 aromatic carbocycles. The van der Waals surface area contributed by atoms with Crippen molar-refractivity contribution in [1.82, 2.24) is 14.1 Å². The highest BCUT2D eigenvalue weighted by Gasteiger charge is 2.16. The van der Waals surface area contributed by atoms with Gasteiger partial charge in [-0.05, 0) is 35.4 Å². The van der Waals surface area contributed by atoms with E-state index in [1.807, 2.05) is 54.1 Å². The fourth-order valence-corrected chi connectivity index (χ4v) is 5.34. The molecule has 0 spiro atoms. The third kappa shape index (κ3) is 4.15. The van der Waals surface area contributed by atoms with Crippen LogP contribution in [-0.4, -0.2) is 38.7 Å². The number of aromatic nitrogens is 3. The van der Waals surface area contributed by atoms with E-state index in [0.717, 1.165) is 58.0 Å². The molecule has 4 heterocycles. The molecule has 0 saturated carbocycles. The maximum Gasteiger partial charge on any atom is 0.251 e. The van der Waals surface area contributed by atoms with Crippen molar-refractivity contribution in [3.63, 3.8) is 0 Å². The fourth-order valence-electron chi connectivity index (χ4n) is 4.12. The van der Waals surface area contributed by atoms with E-state index in [2.05, 4.69) is 11.0 Å². The number of aryl methyl sites for hydroxylation is 1. The Kier molecular flexibility index (Phi) is 5.93. The number of rotatable bonds is 4. The van der Waals surface area contributed by atoms with E-state index in [9.17, 15) is 4.79 Å². The average molecular weight is 485 g/mol. The standard InChI is InChI=1S/C24H22Cl2N4OS/c1-28-15-20(19-12-18(13-27-24(19)28)29-6-8-32-9-7-29)17-4-5-30(23(31)11-17)14-16-2-3-21(25)22(26)10-16/h2-5,10-13,15H,6-9,14H2,1H3. The molecule has 4 aromatic rings. The molecule has 3 aromatic heterocycles. The van der Waals surface area contributed by atoms with Crippen molar-refractivity contribution in [3.8, 4) is 11.1 Å². The zero-order valence-electron chi connectivity index (χ0n) is 17.6. The van der Waals surface area contributed by atoms with Crippen LogP contribution in [0.2, 0.25) is 10.0 Å². The van der Waals surface area contributed by atoms with Crippen LogP contribution in [-0.2, 0) is 13.6 Å². The summed E-state index contributed by atoms with van der Waals surface area (Å²) in [4.78, 5) is 20.0. The molecular formula is C24H22Cl2N4OS. The maximum atomic E-state index is 12.9. The van der Waals surface area contributed by atoms with E-state index in [4.69, 9.17) is 28.2 Å². The lowest BCUT2D eigenvalue weighted by Crippen LogP contribution is -2.32. The highest BCUT2D eigenvalue weighted by Crippen LogP contribution is 2.32. The Labute approximate surface area is 200 Å². The topological polar surface area (TPSA) is 43.1 Å². The molecule has 1 aliphatic rings. The molecule has 5 nitrogen and oxygen atoms in total. The van der Waals surface area contributed by atoms with Crippen LogP contribution in [0.5, 0.6) is 0 Å². The SMILES string of the molecule is Cn1cc(-c2ccn(Cc3ccc(Cl)c(Cl)c3)c(=O)c2)c2cc(N3CCSCC3)cnc21.